The summed E-state index contributed by atoms with van der Waals surface area (Å²) < 4.78 is 0. The van der Waals surface area contributed by atoms with E-state index < -0.39 is 0 Å². The van der Waals surface area contributed by atoms with Crippen molar-refractivity contribution in [1.29, 1.82) is 0 Å². The first-order chi connectivity index (χ1) is 5.77. The Hall–Kier alpha value is -0.260. The lowest BCUT2D eigenvalue weighted by atomic mass is 10.0. The van der Waals surface area contributed by atoms with Crippen molar-refractivity contribution in [3.05, 3.63) is 12.7 Å². The maximum absolute atomic E-state index is 5.28. The fraction of sp³-hybridized carbons (Fsp3) is 0.833. The quantitative estimate of drug-likeness (QED) is 0.471. The zero-order valence-corrected chi connectivity index (χ0v) is 8.68. The molecule has 0 heteroatoms. The molecular formula is C12H23. The van der Waals surface area contributed by atoms with E-state index in [0.29, 0.717) is 0 Å². The molecule has 0 fully saturated rings. The molecule has 0 aromatic heterocycles. The van der Waals surface area contributed by atoms with Gasteiger partial charge in [0.15, 0.2) is 0 Å². The van der Waals surface area contributed by atoms with Crippen molar-refractivity contribution in [3.63, 3.8) is 0 Å². The Bertz CT molecular complexity index is 92.2. The van der Waals surface area contributed by atoms with Gasteiger partial charge in [-0.1, -0.05) is 58.6 Å². The minimum atomic E-state index is 0.877. The summed E-state index contributed by atoms with van der Waals surface area (Å²) in [6.45, 7) is 9.87. The van der Waals surface area contributed by atoms with Crippen LogP contribution in [0.1, 0.15) is 58.8 Å². The molecule has 0 bridgehead atoms. The van der Waals surface area contributed by atoms with E-state index in [2.05, 4.69) is 13.8 Å². The van der Waals surface area contributed by atoms with Gasteiger partial charge in [0.05, 0.1) is 0 Å². The molecule has 0 N–H and O–H groups in total. The van der Waals surface area contributed by atoms with E-state index in [1.165, 1.54) is 38.5 Å². The molecule has 12 heavy (non-hydrogen) atoms. The van der Waals surface area contributed by atoms with Crippen LogP contribution in [0.15, 0.2) is 6.08 Å². The molecular weight excluding hydrogens is 144 g/mol. The Morgan fingerprint density at radius 1 is 1.00 bits per heavy atom. The van der Waals surface area contributed by atoms with Gasteiger partial charge in [-0.15, -0.1) is 0 Å². The van der Waals surface area contributed by atoms with Gasteiger partial charge in [-0.2, -0.15) is 0 Å². The van der Waals surface area contributed by atoms with Crippen LogP contribution in [0.3, 0.4) is 0 Å². The van der Waals surface area contributed by atoms with Crippen molar-refractivity contribution in [1.82, 2.24) is 0 Å². The molecule has 0 aliphatic rings. The van der Waals surface area contributed by atoms with Gasteiger partial charge in [0.25, 0.3) is 0 Å². The lowest BCUT2D eigenvalue weighted by Crippen LogP contribution is -1.86. The van der Waals surface area contributed by atoms with Gasteiger partial charge in [-0.3, -0.25) is 0 Å². The highest BCUT2D eigenvalue weighted by Crippen LogP contribution is 2.11. The molecule has 0 atom stereocenters. The average molecular weight is 167 g/mol. The molecule has 0 heterocycles. The zero-order chi connectivity index (χ0) is 9.23. The Labute approximate surface area is 78.1 Å². The molecule has 0 saturated carbocycles. The van der Waals surface area contributed by atoms with E-state index in [1.807, 2.05) is 0 Å². The molecule has 1 radical (unpaired) electrons. The molecule has 0 aromatic rings. The van der Waals surface area contributed by atoms with Crippen molar-refractivity contribution >= 4 is 0 Å². The van der Waals surface area contributed by atoms with Gasteiger partial charge in [0, 0.05) is 0 Å². The van der Waals surface area contributed by atoms with Gasteiger partial charge in [0.2, 0.25) is 0 Å². The van der Waals surface area contributed by atoms with Crippen molar-refractivity contribution in [2.24, 2.45) is 5.92 Å². The number of hydrogen-bond donors (Lipinski definition) is 0. The van der Waals surface area contributed by atoms with Crippen molar-refractivity contribution < 1.29 is 0 Å². The molecule has 71 valence electrons. The highest BCUT2D eigenvalue weighted by atomic mass is 14.0. The fourth-order valence-corrected chi connectivity index (χ4v) is 1.35. The molecule has 0 nitrogen and oxygen atoms in total. The first-order valence-electron chi connectivity index (χ1n) is 5.30. The average Bonchev–Trinajstić information content (AvgIpc) is 2.02. The third kappa shape index (κ3) is 9.74. The summed E-state index contributed by atoms with van der Waals surface area (Å²) in [5.74, 6) is 0.877. The minimum Gasteiger partial charge on any atom is -0.0845 e. The second kappa shape index (κ2) is 8.83. The number of rotatable bonds is 8. The van der Waals surface area contributed by atoms with Crippen molar-refractivity contribution in [2.45, 2.75) is 58.8 Å². The standard InChI is InChI=1S/C12H23/c1-4-5-6-7-8-9-10-11-12(2)3/h1,4,12H,5-11H2,2-3H3. The predicted octanol–water partition coefficient (Wildman–Crippen LogP) is 4.36. The number of allylic oxidation sites excluding steroid dienone is 1. The van der Waals surface area contributed by atoms with E-state index in [4.69, 9.17) is 6.58 Å². The molecule has 0 aliphatic heterocycles. The topological polar surface area (TPSA) is 0 Å². The van der Waals surface area contributed by atoms with Crippen LogP contribution in [-0.4, -0.2) is 0 Å². The van der Waals surface area contributed by atoms with Gasteiger partial charge >= 0.3 is 0 Å². The lowest BCUT2D eigenvalue weighted by Gasteiger charge is -2.03. The molecule has 0 unspecified atom stereocenters. The molecule has 0 rings (SSSR count). The smallest absolute Gasteiger partial charge is 0.0348 e. The van der Waals surface area contributed by atoms with Crippen LogP contribution in [0.5, 0.6) is 0 Å². The molecule has 0 amide bonds. The fourth-order valence-electron chi connectivity index (χ4n) is 1.35. The van der Waals surface area contributed by atoms with Crippen LogP contribution in [0.2, 0.25) is 0 Å². The summed E-state index contributed by atoms with van der Waals surface area (Å²) in [6, 6.07) is 0. The van der Waals surface area contributed by atoms with Gasteiger partial charge in [-0.05, 0) is 18.8 Å². The Morgan fingerprint density at radius 3 is 2.17 bits per heavy atom. The van der Waals surface area contributed by atoms with E-state index in [-0.39, 0.29) is 0 Å². The summed E-state index contributed by atoms with van der Waals surface area (Å²) in [6.07, 6.45) is 11.1. The summed E-state index contributed by atoms with van der Waals surface area (Å²) >= 11 is 0. The van der Waals surface area contributed by atoms with E-state index >= 15 is 0 Å². The van der Waals surface area contributed by atoms with Crippen LogP contribution in [0, 0.1) is 12.5 Å². The largest absolute Gasteiger partial charge is 0.0845 e. The lowest BCUT2D eigenvalue weighted by molar-refractivity contribution is 0.516. The zero-order valence-electron chi connectivity index (χ0n) is 8.68. The van der Waals surface area contributed by atoms with Crippen molar-refractivity contribution in [2.75, 3.05) is 0 Å². The van der Waals surface area contributed by atoms with Crippen LogP contribution in [0.25, 0.3) is 0 Å². The summed E-state index contributed by atoms with van der Waals surface area (Å²) in [4.78, 5) is 0. The van der Waals surface area contributed by atoms with E-state index in [1.54, 1.807) is 6.08 Å². The van der Waals surface area contributed by atoms with Crippen molar-refractivity contribution in [3.8, 4) is 0 Å². The van der Waals surface area contributed by atoms with Crippen LogP contribution in [-0.2, 0) is 0 Å². The monoisotopic (exact) mass is 167 g/mol. The molecule has 0 aliphatic carbocycles. The Balaban J connectivity index is 2.86. The summed E-state index contributed by atoms with van der Waals surface area (Å²) in [7, 11) is 0. The first-order valence-corrected chi connectivity index (χ1v) is 5.30. The molecule has 0 saturated heterocycles. The molecule has 0 aromatic carbocycles. The highest BCUT2D eigenvalue weighted by Gasteiger charge is 1.93. The number of unbranched alkanes of at least 4 members (excludes halogenated alkanes) is 5. The van der Waals surface area contributed by atoms with Crippen LogP contribution < -0.4 is 0 Å². The van der Waals surface area contributed by atoms with E-state index in [9.17, 15) is 0 Å². The molecule has 0 spiro atoms. The van der Waals surface area contributed by atoms with Gasteiger partial charge < -0.3 is 0 Å². The maximum Gasteiger partial charge on any atom is -0.0348 e. The maximum atomic E-state index is 5.28. The third-order valence-electron chi connectivity index (χ3n) is 2.15. The van der Waals surface area contributed by atoms with Crippen LogP contribution >= 0.6 is 0 Å². The van der Waals surface area contributed by atoms with E-state index in [0.717, 1.165) is 12.3 Å². The summed E-state index contributed by atoms with van der Waals surface area (Å²) in [5, 5.41) is 0. The summed E-state index contributed by atoms with van der Waals surface area (Å²) in [5.41, 5.74) is 0. The normalized spacial score (nSPS) is 10.6. The Kier molecular flexibility index (Phi) is 8.64. The SMILES string of the molecule is [CH]=CCCCCCCCC(C)C. The van der Waals surface area contributed by atoms with Gasteiger partial charge in [0.1, 0.15) is 0 Å². The highest BCUT2D eigenvalue weighted by molar-refractivity contribution is 4.61. The van der Waals surface area contributed by atoms with Crippen LogP contribution in [0.4, 0.5) is 0 Å². The Morgan fingerprint density at radius 2 is 1.58 bits per heavy atom. The minimum absolute atomic E-state index is 0.877. The third-order valence-corrected chi connectivity index (χ3v) is 2.15. The predicted molar refractivity (Wildman–Crippen MR) is 56.0 cm³/mol. The second-order valence-electron chi connectivity index (χ2n) is 3.97. The number of hydrogen-bond acceptors (Lipinski definition) is 0. The van der Waals surface area contributed by atoms with Gasteiger partial charge in [-0.25, -0.2) is 0 Å². The second-order valence-corrected chi connectivity index (χ2v) is 3.97. The first kappa shape index (κ1) is 11.7.